The molecule has 12 heteroatoms. The molecular weight excluding hydrogens is 629 g/mol. The number of nitrogens with zero attached hydrogens (tertiary/aromatic N) is 3. The molecule has 1 saturated heterocycles. The number of hydrogen-bond donors (Lipinski definition) is 2. The van der Waals surface area contributed by atoms with Gasteiger partial charge < -0.3 is 29.7 Å². The number of nitrogens with one attached hydrogen (secondary N) is 2. The highest BCUT2D eigenvalue weighted by atomic mass is 19.1. The van der Waals surface area contributed by atoms with Crippen LogP contribution in [0, 0.1) is 12.3 Å². The second-order valence-corrected chi connectivity index (χ2v) is 12.8. The summed E-state index contributed by atoms with van der Waals surface area (Å²) in [6.45, 7) is 8.09. The van der Waals surface area contributed by atoms with Gasteiger partial charge in [-0.3, -0.25) is 24.3 Å². The van der Waals surface area contributed by atoms with Gasteiger partial charge in [0.2, 0.25) is 17.7 Å². The Morgan fingerprint density at radius 1 is 0.980 bits per heavy atom. The number of hydrogen-bond acceptors (Lipinski definition) is 8. The van der Waals surface area contributed by atoms with Gasteiger partial charge in [-0.15, -0.1) is 0 Å². The average Bonchev–Trinajstić information content (AvgIpc) is 3.91. The van der Waals surface area contributed by atoms with Gasteiger partial charge in [-0.25, -0.2) is 4.39 Å². The van der Waals surface area contributed by atoms with E-state index in [0.717, 1.165) is 44.7 Å². The van der Waals surface area contributed by atoms with Gasteiger partial charge in [0, 0.05) is 75.1 Å². The third-order valence-corrected chi connectivity index (χ3v) is 9.29. The zero-order chi connectivity index (χ0) is 34.5. The standard InChI is InChI=1S/C37H42FN5O6/c1-24-5-7-26(8-6-24)40-35(45)37(12-13-37)36(46)41-27-9-10-32(29(38)21-27)49-31-11-14-39-30-23-34(33(47-3)22-28(30)31)48-20-4-15-42-16-18-43(19-17-42)25(2)44/h5-9,11,14,21-23,32H,4,10,12-13,15-20H2,1-3H3,(H,40,45)(H,41,46)/t32-/m0/s1. The molecule has 11 nitrogen and oxygen atoms in total. The molecule has 0 unspecified atom stereocenters. The molecule has 1 aliphatic heterocycles. The highest BCUT2D eigenvalue weighted by Crippen LogP contribution is 2.47. The first-order valence-corrected chi connectivity index (χ1v) is 16.7. The number of benzene rings is 2. The van der Waals surface area contributed by atoms with Crippen molar-refractivity contribution in [3.8, 4) is 17.2 Å². The molecule has 2 fully saturated rings. The molecule has 1 saturated carbocycles. The highest BCUT2D eigenvalue weighted by Gasteiger charge is 2.56. The molecule has 1 aromatic heterocycles. The number of methoxy groups -OCH3 is 1. The zero-order valence-electron chi connectivity index (χ0n) is 28.1. The Morgan fingerprint density at radius 3 is 2.39 bits per heavy atom. The fourth-order valence-corrected chi connectivity index (χ4v) is 6.07. The monoisotopic (exact) mass is 671 g/mol. The molecule has 2 aromatic carbocycles. The van der Waals surface area contributed by atoms with Crippen molar-refractivity contribution in [1.82, 2.24) is 20.1 Å². The number of aryl methyl sites for hydroxylation is 1. The molecule has 0 radical (unpaired) electrons. The van der Waals surface area contributed by atoms with Crippen LogP contribution in [-0.2, 0) is 14.4 Å². The number of ether oxygens (including phenoxy) is 3. The lowest BCUT2D eigenvalue weighted by Gasteiger charge is -2.34. The van der Waals surface area contributed by atoms with Crippen LogP contribution < -0.4 is 24.8 Å². The maximum atomic E-state index is 15.4. The Kier molecular flexibility index (Phi) is 10.1. The van der Waals surface area contributed by atoms with Crippen molar-refractivity contribution in [2.45, 2.75) is 45.6 Å². The van der Waals surface area contributed by atoms with E-state index in [1.807, 2.05) is 24.0 Å². The third-order valence-electron chi connectivity index (χ3n) is 9.29. The molecule has 3 aliphatic rings. The molecule has 0 bridgehead atoms. The minimum Gasteiger partial charge on any atom is -0.493 e. The topological polar surface area (TPSA) is 122 Å². The molecule has 2 aliphatic carbocycles. The minimum absolute atomic E-state index is 0.116. The number of fused-ring (bicyclic) bond motifs is 1. The fourth-order valence-electron chi connectivity index (χ4n) is 6.07. The molecule has 49 heavy (non-hydrogen) atoms. The van der Waals surface area contributed by atoms with Crippen molar-refractivity contribution in [3.63, 3.8) is 0 Å². The first kappa shape index (κ1) is 33.9. The summed E-state index contributed by atoms with van der Waals surface area (Å²) >= 11 is 0. The summed E-state index contributed by atoms with van der Waals surface area (Å²) in [5.41, 5.74) is 1.41. The summed E-state index contributed by atoms with van der Waals surface area (Å²) in [7, 11) is 1.56. The van der Waals surface area contributed by atoms with Gasteiger partial charge in [-0.2, -0.15) is 0 Å². The number of rotatable bonds is 12. The van der Waals surface area contributed by atoms with Gasteiger partial charge in [-0.1, -0.05) is 23.8 Å². The Morgan fingerprint density at radius 2 is 1.71 bits per heavy atom. The van der Waals surface area contributed by atoms with Crippen LogP contribution in [0.2, 0.25) is 0 Å². The normalized spacial score (nSPS) is 18.6. The number of anilines is 1. The molecule has 2 heterocycles. The van der Waals surface area contributed by atoms with Crippen LogP contribution in [-0.4, -0.2) is 85.0 Å². The first-order chi connectivity index (χ1) is 23.6. The summed E-state index contributed by atoms with van der Waals surface area (Å²) in [6, 6.07) is 12.6. The second-order valence-electron chi connectivity index (χ2n) is 12.8. The number of carbonyl (C=O) groups excluding carboxylic acids is 3. The van der Waals surface area contributed by atoms with E-state index in [2.05, 4.69) is 20.5 Å². The number of halogens is 1. The Labute approximate surface area is 285 Å². The van der Waals surface area contributed by atoms with Gasteiger partial charge in [0.1, 0.15) is 17.0 Å². The van der Waals surface area contributed by atoms with Gasteiger partial charge in [0.15, 0.2) is 17.6 Å². The fraction of sp³-hybridized carbons (Fsp3) is 0.405. The maximum absolute atomic E-state index is 15.4. The number of allylic oxidation sites excluding steroid dienone is 1. The van der Waals surface area contributed by atoms with Gasteiger partial charge in [0.25, 0.3) is 0 Å². The van der Waals surface area contributed by atoms with Crippen molar-refractivity contribution in [2.75, 3.05) is 51.8 Å². The van der Waals surface area contributed by atoms with E-state index < -0.39 is 23.3 Å². The van der Waals surface area contributed by atoms with E-state index in [1.54, 1.807) is 56.6 Å². The van der Waals surface area contributed by atoms with Crippen molar-refractivity contribution >= 4 is 34.3 Å². The van der Waals surface area contributed by atoms with Crippen LogP contribution in [0.25, 0.3) is 10.9 Å². The van der Waals surface area contributed by atoms with Gasteiger partial charge >= 0.3 is 0 Å². The average molecular weight is 672 g/mol. The molecular formula is C37H42FN5O6. The third kappa shape index (κ3) is 7.86. The number of aromatic nitrogens is 1. The summed E-state index contributed by atoms with van der Waals surface area (Å²) < 4.78 is 33.2. The van der Waals surface area contributed by atoms with Crippen molar-refractivity contribution in [3.05, 3.63) is 77.9 Å². The smallest absolute Gasteiger partial charge is 0.240 e. The Balaban J connectivity index is 1.04. The molecule has 3 amide bonds. The van der Waals surface area contributed by atoms with Crippen molar-refractivity contribution < 1.29 is 33.0 Å². The number of piperazine rings is 1. The van der Waals surface area contributed by atoms with E-state index in [1.165, 1.54) is 6.08 Å². The van der Waals surface area contributed by atoms with E-state index >= 15 is 4.39 Å². The highest BCUT2D eigenvalue weighted by molar-refractivity contribution is 6.13. The van der Waals surface area contributed by atoms with Crippen molar-refractivity contribution in [1.29, 1.82) is 0 Å². The van der Waals surface area contributed by atoms with E-state index in [9.17, 15) is 14.4 Å². The minimum atomic E-state index is -1.17. The molecule has 2 N–H and O–H groups in total. The molecule has 6 rings (SSSR count). The van der Waals surface area contributed by atoms with Crippen LogP contribution >= 0.6 is 0 Å². The summed E-state index contributed by atoms with van der Waals surface area (Å²) in [5.74, 6) is 0.226. The lowest BCUT2D eigenvalue weighted by molar-refractivity contribution is -0.134. The lowest BCUT2D eigenvalue weighted by Crippen LogP contribution is -2.48. The summed E-state index contributed by atoms with van der Waals surface area (Å²) in [5, 5.41) is 6.21. The summed E-state index contributed by atoms with van der Waals surface area (Å²) in [6.07, 6.45) is 5.44. The van der Waals surface area contributed by atoms with E-state index in [4.69, 9.17) is 14.2 Å². The second kappa shape index (κ2) is 14.7. The van der Waals surface area contributed by atoms with Crippen LogP contribution in [0.5, 0.6) is 17.2 Å². The lowest BCUT2D eigenvalue weighted by atomic mass is 10.0. The molecule has 1 atom stereocenters. The molecule has 258 valence electrons. The molecule has 3 aromatic rings. The number of carbonyl (C=O) groups is 3. The van der Waals surface area contributed by atoms with Crippen LogP contribution in [0.4, 0.5) is 10.1 Å². The van der Waals surface area contributed by atoms with Crippen molar-refractivity contribution in [2.24, 2.45) is 5.41 Å². The Hall–Kier alpha value is -4.97. The quantitative estimate of drug-likeness (QED) is 0.206. The van der Waals surface area contributed by atoms with Crippen LogP contribution in [0.3, 0.4) is 0 Å². The Bertz CT molecular complexity index is 1780. The maximum Gasteiger partial charge on any atom is 0.240 e. The summed E-state index contributed by atoms with van der Waals surface area (Å²) in [4.78, 5) is 46.4. The predicted molar refractivity (Wildman–Crippen MR) is 183 cm³/mol. The number of pyridine rings is 1. The number of amides is 3. The van der Waals surface area contributed by atoms with E-state index in [-0.39, 0.29) is 23.9 Å². The van der Waals surface area contributed by atoms with Crippen LogP contribution in [0.1, 0.15) is 38.2 Å². The molecule has 0 spiro atoms. The first-order valence-electron chi connectivity index (χ1n) is 16.7. The van der Waals surface area contributed by atoms with Gasteiger partial charge in [-0.05, 0) is 56.5 Å². The zero-order valence-corrected chi connectivity index (χ0v) is 28.1. The van der Waals surface area contributed by atoms with E-state index in [0.29, 0.717) is 53.3 Å². The largest absolute Gasteiger partial charge is 0.493 e. The van der Waals surface area contributed by atoms with Gasteiger partial charge in [0.05, 0.1) is 19.2 Å². The van der Waals surface area contributed by atoms with Crippen LogP contribution in [0.15, 0.2) is 72.3 Å². The predicted octanol–water partition coefficient (Wildman–Crippen LogP) is 4.91. The SMILES string of the molecule is COc1cc2c(O[C@H]3CC=C(NC(=O)C4(C(=O)Nc5ccc(C)cc5)CC4)C=C3F)ccnc2cc1OCCCN1CCN(C(C)=O)CC1.